The van der Waals surface area contributed by atoms with Crippen LogP contribution in [0.1, 0.15) is 25.7 Å². The number of halogens is 3. The SMILES string of the molecule is Fc1cc(Cl)cnc1N1CCCCC1CCCl. The Morgan fingerprint density at radius 3 is 3.00 bits per heavy atom. The Labute approximate surface area is 111 Å². The maximum atomic E-state index is 13.8. The van der Waals surface area contributed by atoms with Gasteiger partial charge in [-0.05, 0) is 31.7 Å². The lowest BCUT2D eigenvalue weighted by molar-refractivity contribution is 0.440. The lowest BCUT2D eigenvalue weighted by Crippen LogP contribution is -2.40. The summed E-state index contributed by atoms with van der Waals surface area (Å²) in [6, 6.07) is 1.61. The van der Waals surface area contributed by atoms with Gasteiger partial charge in [0.2, 0.25) is 0 Å². The quantitative estimate of drug-likeness (QED) is 0.780. The topological polar surface area (TPSA) is 16.1 Å². The summed E-state index contributed by atoms with van der Waals surface area (Å²) < 4.78 is 13.8. The van der Waals surface area contributed by atoms with Gasteiger partial charge in [0.15, 0.2) is 11.6 Å². The lowest BCUT2D eigenvalue weighted by atomic mass is 10.00. The van der Waals surface area contributed by atoms with Crippen molar-refractivity contribution in [3.8, 4) is 0 Å². The largest absolute Gasteiger partial charge is 0.351 e. The van der Waals surface area contributed by atoms with Crippen molar-refractivity contribution in [2.45, 2.75) is 31.7 Å². The highest BCUT2D eigenvalue weighted by molar-refractivity contribution is 6.30. The van der Waals surface area contributed by atoms with E-state index >= 15 is 0 Å². The highest BCUT2D eigenvalue weighted by atomic mass is 35.5. The molecule has 0 amide bonds. The van der Waals surface area contributed by atoms with E-state index in [4.69, 9.17) is 23.2 Å². The van der Waals surface area contributed by atoms with Gasteiger partial charge in [-0.3, -0.25) is 0 Å². The Bertz CT molecular complexity index is 385. The average molecular weight is 277 g/mol. The number of piperidine rings is 1. The predicted octanol–water partition coefficient (Wildman–Crippen LogP) is 3.86. The molecular weight excluding hydrogens is 262 g/mol. The molecular formula is C12H15Cl2FN2. The summed E-state index contributed by atoms with van der Waals surface area (Å²) in [5.74, 6) is 0.652. The van der Waals surface area contributed by atoms with Gasteiger partial charge in [0.25, 0.3) is 0 Å². The van der Waals surface area contributed by atoms with Crippen molar-refractivity contribution in [1.82, 2.24) is 4.98 Å². The highest BCUT2D eigenvalue weighted by Crippen LogP contribution is 2.28. The summed E-state index contributed by atoms with van der Waals surface area (Å²) in [4.78, 5) is 6.14. The third kappa shape index (κ3) is 3.02. The van der Waals surface area contributed by atoms with Gasteiger partial charge in [0.05, 0.1) is 5.02 Å². The monoisotopic (exact) mass is 276 g/mol. The normalized spacial score (nSPS) is 20.6. The van der Waals surface area contributed by atoms with Crippen molar-refractivity contribution < 1.29 is 4.39 Å². The smallest absolute Gasteiger partial charge is 0.167 e. The summed E-state index contributed by atoms with van der Waals surface area (Å²) in [6.07, 6.45) is 5.66. The maximum absolute atomic E-state index is 13.8. The molecule has 1 atom stereocenters. The molecule has 1 aromatic rings. The molecule has 1 saturated heterocycles. The molecule has 1 aliphatic heterocycles. The van der Waals surface area contributed by atoms with Crippen molar-refractivity contribution in [3.05, 3.63) is 23.1 Å². The minimum atomic E-state index is -0.348. The van der Waals surface area contributed by atoms with Crippen molar-refractivity contribution in [3.63, 3.8) is 0 Å². The second-order valence-corrected chi connectivity index (χ2v) is 5.09. The number of pyridine rings is 1. The Morgan fingerprint density at radius 1 is 1.47 bits per heavy atom. The third-order valence-corrected chi connectivity index (χ3v) is 3.55. The highest BCUT2D eigenvalue weighted by Gasteiger charge is 2.25. The van der Waals surface area contributed by atoms with Crippen LogP contribution in [0.3, 0.4) is 0 Å². The van der Waals surface area contributed by atoms with Gasteiger partial charge in [-0.15, -0.1) is 11.6 Å². The van der Waals surface area contributed by atoms with Crippen LogP contribution in [0.4, 0.5) is 10.2 Å². The van der Waals surface area contributed by atoms with Gasteiger partial charge >= 0.3 is 0 Å². The number of hydrogen-bond donors (Lipinski definition) is 0. The first kappa shape index (κ1) is 12.9. The van der Waals surface area contributed by atoms with Crippen molar-refractivity contribution in [1.29, 1.82) is 0 Å². The van der Waals surface area contributed by atoms with Crippen LogP contribution in [0.2, 0.25) is 5.02 Å². The van der Waals surface area contributed by atoms with Crippen molar-refractivity contribution >= 4 is 29.0 Å². The molecule has 94 valence electrons. The first-order valence-electron chi connectivity index (χ1n) is 5.86. The molecule has 17 heavy (non-hydrogen) atoms. The minimum Gasteiger partial charge on any atom is -0.351 e. The molecule has 0 spiro atoms. The number of nitrogens with zero attached hydrogens (tertiary/aromatic N) is 2. The third-order valence-electron chi connectivity index (χ3n) is 3.13. The molecule has 0 aliphatic carbocycles. The van der Waals surface area contributed by atoms with Gasteiger partial charge < -0.3 is 4.90 Å². The van der Waals surface area contributed by atoms with Crippen LogP contribution < -0.4 is 4.90 Å². The standard InChI is InChI=1S/C12H15Cl2FN2/c13-5-4-10-3-1-2-6-17(10)12-11(15)7-9(14)8-16-12/h7-8,10H,1-6H2. The van der Waals surface area contributed by atoms with Gasteiger partial charge in [-0.1, -0.05) is 11.6 Å². The molecule has 1 fully saturated rings. The Kier molecular flexibility index (Phi) is 4.46. The fourth-order valence-electron chi connectivity index (χ4n) is 2.32. The summed E-state index contributed by atoms with van der Waals surface area (Å²) in [5, 5.41) is 0.331. The van der Waals surface area contributed by atoms with Crippen LogP contribution in [0.5, 0.6) is 0 Å². The average Bonchev–Trinajstić information content (AvgIpc) is 2.31. The van der Waals surface area contributed by atoms with E-state index in [1.54, 1.807) is 0 Å². The first-order chi connectivity index (χ1) is 8.22. The number of alkyl halides is 1. The molecule has 0 saturated carbocycles. The van der Waals surface area contributed by atoms with Crippen LogP contribution >= 0.6 is 23.2 Å². The Balaban J connectivity index is 2.23. The summed E-state index contributed by atoms with van der Waals surface area (Å²) in [7, 11) is 0. The predicted molar refractivity (Wildman–Crippen MR) is 69.5 cm³/mol. The molecule has 1 aromatic heterocycles. The van der Waals surface area contributed by atoms with E-state index in [1.165, 1.54) is 18.7 Å². The van der Waals surface area contributed by atoms with Crippen molar-refractivity contribution in [2.75, 3.05) is 17.3 Å². The fourth-order valence-corrected chi connectivity index (χ4v) is 2.72. The van der Waals surface area contributed by atoms with Gasteiger partial charge in [-0.25, -0.2) is 9.37 Å². The molecule has 2 heterocycles. The zero-order chi connectivity index (χ0) is 12.3. The number of aromatic nitrogens is 1. The van der Waals surface area contributed by atoms with Crippen LogP contribution in [0.25, 0.3) is 0 Å². The molecule has 2 rings (SSSR count). The molecule has 0 bridgehead atoms. The lowest BCUT2D eigenvalue weighted by Gasteiger charge is -2.36. The maximum Gasteiger partial charge on any atom is 0.167 e. The second-order valence-electron chi connectivity index (χ2n) is 4.28. The summed E-state index contributed by atoms with van der Waals surface area (Å²) >= 11 is 11.5. The molecule has 0 aromatic carbocycles. The van der Waals surface area contributed by atoms with E-state index in [0.717, 1.165) is 25.8 Å². The van der Waals surface area contributed by atoms with Crippen LogP contribution in [-0.2, 0) is 0 Å². The van der Waals surface area contributed by atoms with E-state index in [0.29, 0.717) is 22.8 Å². The molecule has 0 radical (unpaired) electrons. The zero-order valence-corrected chi connectivity index (χ0v) is 11.0. The summed E-state index contributed by atoms with van der Waals surface area (Å²) in [6.45, 7) is 0.840. The number of hydrogen-bond acceptors (Lipinski definition) is 2. The molecule has 5 heteroatoms. The van der Waals surface area contributed by atoms with Gasteiger partial charge in [0, 0.05) is 24.7 Å². The van der Waals surface area contributed by atoms with E-state index < -0.39 is 0 Å². The number of anilines is 1. The first-order valence-corrected chi connectivity index (χ1v) is 6.77. The summed E-state index contributed by atoms with van der Waals surface area (Å²) in [5.41, 5.74) is 0. The van der Waals surface area contributed by atoms with Crippen LogP contribution in [-0.4, -0.2) is 23.5 Å². The van der Waals surface area contributed by atoms with E-state index in [-0.39, 0.29) is 5.82 Å². The molecule has 0 N–H and O–H groups in total. The Hall–Kier alpha value is -0.540. The minimum absolute atomic E-state index is 0.296. The van der Waals surface area contributed by atoms with E-state index in [2.05, 4.69) is 4.98 Å². The van der Waals surface area contributed by atoms with Crippen LogP contribution in [0.15, 0.2) is 12.3 Å². The second kappa shape index (κ2) is 5.87. The molecule has 1 aliphatic rings. The Morgan fingerprint density at radius 2 is 2.29 bits per heavy atom. The molecule has 1 unspecified atom stereocenters. The van der Waals surface area contributed by atoms with E-state index in [1.807, 2.05) is 4.90 Å². The zero-order valence-electron chi connectivity index (χ0n) is 9.50. The van der Waals surface area contributed by atoms with Gasteiger partial charge in [0.1, 0.15) is 0 Å². The van der Waals surface area contributed by atoms with E-state index in [9.17, 15) is 4.39 Å². The number of rotatable bonds is 3. The fraction of sp³-hybridized carbons (Fsp3) is 0.583. The van der Waals surface area contributed by atoms with Crippen molar-refractivity contribution in [2.24, 2.45) is 0 Å². The van der Waals surface area contributed by atoms with Crippen LogP contribution in [0, 0.1) is 5.82 Å². The molecule has 2 nitrogen and oxygen atoms in total. The van der Waals surface area contributed by atoms with Gasteiger partial charge in [-0.2, -0.15) is 0 Å².